The highest BCUT2D eigenvalue weighted by Crippen LogP contribution is 2.45. The molecular weight excluding hydrogens is 1380 g/mol. The number of ether oxygens (including phenoxy) is 4. The minimum Gasteiger partial charge on any atom is -0.462 e. The molecule has 4 unspecified atom stereocenters. The van der Waals surface area contributed by atoms with E-state index in [0.717, 1.165) is 114 Å². The Balaban J connectivity index is 5.25. The van der Waals surface area contributed by atoms with E-state index in [0.29, 0.717) is 25.7 Å². The molecular formula is C87H170O17P2. The van der Waals surface area contributed by atoms with Crippen LogP contribution in [0.1, 0.15) is 453 Å². The molecule has 0 aromatic heterocycles. The van der Waals surface area contributed by atoms with Gasteiger partial charge >= 0.3 is 39.5 Å². The second-order valence-corrected chi connectivity index (χ2v) is 35.6. The molecule has 0 aliphatic carbocycles. The summed E-state index contributed by atoms with van der Waals surface area (Å²) in [5.41, 5.74) is 0. The number of carbonyl (C=O) groups is 4. The van der Waals surface area contributed by atoms with E-state index < -0.39 is 97.5 Å². The van der Waals surface area contributed by atoms with Crippen LogP contribution >= 0.6 is 15.6 Å². The molecule has 0 aliphatic rings. The summed E-state index contributed by atoms with van der Waals surface area (Å²) < 4.78 is 68.9. The number of phosphoric acid groups is 2. The lowest BCUT2D eigenvalue weighted by molar-refractivity contribution is -0.161. The zero-order chi connectivity index (χ0) is 78.1. The van der Waals surface area contributed by atoms with Gasteiger partial charge in [-0.05, 0) is 49.4 Å². The van der Waals surface area contributed by atoms with Gasteiger partial charge in [-0.15, -0.1) is 0 Å². The highest BCUT2D eigenvalue weighted by atomic mass is 31.2. The average molecular weight is 1550 g/mol. The second-order valence-electron chi connectivity index (χ2n) is 32.7. The number of aliphatic hydroxyl groups is 1. The third-order valence-electron chi connectivity index (χ3n) is 21.0. The van der Waals surface area contributed by atoms with E-state index in [-0.39, 0.29) is 25.7 Å². The minimum atomic E-state index is -4.97. The van der Waals surface area contributed by atoms with Crippen LogP contribution < -0.4 is 0 Å². The van der Waals surface area contributed by atoms with Gasteiger partial charge in [0.2, 0.25) is 0 Å². The Morgan fingerprint density at radius 3 is 0.670 bits per heavy atom. The van der Waals surface area contributed by atoms with Gasteiger partial charge in [-0.2, -0.15) is 0 Å². The molecule has 0 heterocycles. The maximum atomic E-state index is 13.2. The Morgan fingerprint density at radius 1 is 0.264 bits per heavy atom. The number of hydrogen-bond donors (Lipinski definition) is 3. The Hall–Kier alpha value is -1.94. The van der Waals surface area contributed by atoms with Crippen LogP contribution in [0, 0.1) is 23.7 Å². The van der Waals surface area contributed by atoms with Crippen LogP contribution in [0.4, 0.5) is 0 Å². The first-order valence-electron chi connectivity index (χ1n) is 44.8. The van der Waals surface area contributed by atoms with E-state index in [2.05, 4.69) is 55.4 Å². The zero-order valence-electron chi connectivity index (χ0n) is 70.1. The van der Waals surface area contributed by atoms with Crippen molar-refractivity contribution in [1.29, 1.82) is 0 Å². The number of aliphatic hydroxyl groups excluding tert-OH is 1. The van der Waals surface area contributed by atoms with E-state index >= 15 is 0 Å². The number of unbranched alkanes of at least 4 members (excludes halogenated alkanes) is 48. The summed E-state index contributed by atoms with van der Waals surface area (Å²) in [7, 11) is -9.93. The number of hydrogen-bond acceptors (Lipinski definition) is 15. The van der Waals surface area contributed by atoms with Gasteiger partial charge in [0.15, 0.2) is 12.2 Å². The largest absolute Gasteiger partial charge is 0.472 e. The summed E-state index contributed by atoms with van der Waals surface area (Å²) in [4.78, 5) is 73.3. The van der Waals surface area contributed by atoms with Gasteiger partial charge in [-0.1, -0.05) is 402 Å². The van der Waals surface area contributed by atoms with Crippen molar-refractivity contribution in [2.75, 3.05) is 39.6 Å². The summed E-state index contributed by atoms with van der Waals surface area (Å²) in [5, 5.41) is 10.7. The lowest BCUT2D eigenvalue weighted by atomic mass is 9.99. The van der Waals surface area contributed by atoms with Crippen LogP contribution in [0.15, 0.2) is 0 Å². The van der Waals surface area contributed by atoms with Gasteiger partial charge in [0.1, 0.15) is 19.3 Å². The number of esters is 4. The molecule has 0 aliphatic heterocycles. The topological polar surface area (TPSA) is 237 Å². The van der Waals surface area contributed by atoms with Crippen LogP contribution in [-0.2, 0) is 65.4 Å². The number of rotatable bonds is 84. The smallest absolute Gasteiger partial charge is 0.462 e. The molecule has 17 nitrogen and oxygen atoms in total. The normalized spacial score (nSPS) is 14.4. The standard InChI is InChI=1S/C87H170O17P2/c1-9-79(7)65-57-49-41-33-29-30-36-46-54-62-70-87(92)104-83(74-98-85(90)68-60-52-44-38-37-42-50-58-66-80(8)10-2)76-102-106(95,96)100-72-81(88)71-99-105(93,94)101-75-82(73-97-84(89)67-59-51-43-34-27-23-19-16-15-18-22-26-32-40-48-56-64-78(5)6)103-86(91)69-61-53-45-35-28-24-20-14-12-11-13-17-21-25-31-39-47-55-63-77(3)4/h77-83,88H,9-76H2,1-8H3,(H,93,94)(H,95,96)/t79?,80?,81-,82-,83-/m1/s1. The fourth-order valence-electron chi connectivity index (χ4n) is 13.4. The molecule has 106 heavy (non-hydrogen) atoms. The van der Waals surface area contributed by atoms with Gasteiger partial charge in [0.25, 0.3) is 0 Å². The molecule has 0 radical (unpaired) electrons. The first kappa shape index (κ1) is 104. The van der Waals surface area contributed by atoms with Crippen molar-refractivity contribution in [2.24, 2.45) is 23.7 Å². The molecule has 0 bridgehead atoms. The van der Waals surface area contributed by atoms with Crippen molar-refractivity contribution in [1.82, 2.24) is 0 Å². The van der Waals surface area contributed by atoms with E-state index in [1.807, 2.05) is 0 Å². The SMILES string of the molecule is CCC(C)CCCCCCCCCCCCC(=O)O[C@H](COC(=O)CCCCCCCCCCC(C)CC)COP(=O)(O)OC[C@H](O)COP(=O)(O)OC[C@@H](COC(=O)CCCCCCCCCCCCCCCCCCC(C)C)OC(=O)CCCCCCCCCCCCCCCCCCCCC(C)C. The zero-order valence-corrected chi connectivity index (χ0v) is 71.9. The fourth-order valence-corrected chi connectivity index (χ4v) is 15.0. The summed E-state index contributed by atoms with van der Waals surface area (Å²) in [5.74, 6) is 1.11. The maximum absolute atomic E-state index is 13.2. The van der Waals surface area contributed by atoms with Gasteiger partial charge in [0, 0.05) is 25.7 Å². The van der Waals surface area contributed by atoms with Crippen molar-refractivity contribution >= 4 is 39.5 Å². The van der Waals surface area contributed by atoms with Crippen LogP contribution in [-0.4, -0.2) is 96.7 Å². The third kappa shape index (κ3) is 77.4. The molecule has 0 fully saturated rings. The Labute approximate surface area is 651 Å². The molecule has 19 heteroatoms. The summed E-state index contributed by atoms with van der Waals surface area (Å²) in [6.45, 7) is 14.4. The third-order valence-corrected chi connectivity index (χ3v) is 22.9. The average Bonchev–Trinajstić information content (AvgIpc) is 0.902. The second kappa shape index (κ2) is 75.7. The predicted octanol–water partition coefficient (Wildman–Crippen LogP) is 26.3. The predicted molar refractivity (Wildman–Crippen MR) is 437 cm³/mol. The molecule has 3 N–H and O–H groups in total. The van der Waals surface area contributed by atoms with Crippen LogP contribution in [0.3, 0.4) is 0 Å². The Kier molecular flexibility index (Phi) is 74.3. The molecule has 0 aromatic rings. The van der Waals surface area contributed by atoms with Crippen molar-refractivity contribution in [2.45, 2.75) is 472 Å². The minimum absolute atomic E-state index is 0.106. The highest BCUT2D eigenvalue weighted by Gasteiger charge is 2.31. The van der Waals surface area contributed by atoms with Gasteiger partial charge in [-0.3, -0.25) is 37.3 Å². The lowest BCUT2D eigenvalue weighted by Gasteiger charge is -2.21. The lowest BCUT2D eigenvalue weighted by Crippen LogP contribution is -2.30. The van der Waals surface area contributed by atoms with Gasteiger partial charge in [-0.25, -0.2) is 9.13 Å². The molecule has 7 atom stereocenters. The van der Waals surface area contributed by atoms with E-state index in [9.17, 15) is 43.2 Å². The van der Waals surface area contributed by atoms with Gasteiger partial charge in [0.05, 0.1) is 26.4 Å². The maximum Gasteiger partial charge on any atom is 0.472 e. The monoisotopic (exact) mass is 1550 g/mol. The Bertz CT molecular complexity index is 2060. The van der Waals surface area contributed by atoms with Crippen molar-refractivity contribution in [3.8, 4) is 0 Å². The molecule has 0 spiro atoms. The van der Waals surface area contributed by atoms with Crippen LogP contribution in [0.25, 0.3) is 0 Å². The molecule has 0 aromatic carbocycles. The summed E-state index contributed by atoms with van der Waals surface area (Å²) >= 11 is 0. The fraction of sp³-hybridized carbons (Fsp3) is 0.954. The van der Waals surface area contributed by atoms with Crippen molar-refractivity contribution < 1.29 is 80.2 Å². The van der Waals surface area contributed by atoms with Gasteiger partial charge < -0.3 is 33.8 Å². The van der Waals surface area contributed by atoms with E-state index in [1.165, 1.54) is 257 Å². The first-order valence-corrected chi connectivity index (χ1v) is 47.8. The highest BCUT2D eigenvalue weighted by molar-refractivity contribution is 7.47. The summed E-state index contributed by atoms with van der Waals surface area (Å²) in [6.07, 6.45) is 65.2. The summed E-state index contributed by atoms with van der Waals surface area (Å²) in [6, 6.07) is 0. The van der Waals surface area contributed by atoms with Crippen LogP contribution in [0.5, 0.6) is 0 Å². The quantitative estimate of drug-likeness (QED) is 0.0222. The number of carbonyl (C=O) groups excluding carboxylic acids is 4. The molecule has 0 rings (SSSR count). The van der Waals surface area contributed by atoms with Crippen LogP contribution in [0.2, 0.25) is 0 Å². The first-order chi connectivity index (χ1) is 51.2. The molecule has 0 saturated heterocycles. The molecule has 630 valence electrons. The molecule has 0 amide bonds. The van der Waals surface area contributed by atoms with E-state index in [1.54, 1.807) is 0 Å². The Morgan fingerprint density at radius 2 is 0.453 bits per heavy atom. The molecule has 0 saturated carbocycles. The number of phosphoric ester groups is 2. The van der Waals surface area contributed by atoms with Crippen molar-refractivity contribution in [3.63, 3.8) is 0 Å². The van der Waals surface area contributed by atoms with Crippen molar-refractivity contribution in [3.05, 3.63) is 0 Å². The van der Waals surface area contributed by atoms with E-state index in [4.69, 9.17) is 37.0 Å².